The zero-order chi connectivity index (χ0) is 26.0. The van der Waals surface area contributed by atoms with Gasteiger partial charge in [-0.1, -0.05) is 72.0 Å². The highest BCUT2D eigenvalue weighted by Gasteiger charge is 2.31. The van der Waals surface area contributed by atoms with Crippen molar-refractivity contribution in [3.8, 4) is 0 Å². The number of carbonyl (C=O) groups is 3. The Bertz CT molecular complexity index is 558. The first-order valence-corrected chi connectivity index (χ1v) is 13.2. The lowest BCUT2D eigenvalue weighted by Gasteiger charge is -2.40. The van der Waals surface area contributed by atoms with E-state index >= 15 is 0 Å². The molecule has 0 aliphatic rings. The fourth-order valence-electron chi connectivity index (χ4n) is 4.07. The van der Waals surface area contributed by atoms with Crippen LogP contribution in [0.1, 0.15) is 98.3 Å². The summed E-state index contributed by atoms with van der Waals surface area (Å²) < 4.78 is 0.564. The average Bonchev–Trinajstić information content (AvgIpc) is 2.79. The predicted octanol–water partition coefficient (Wildman–Crippen LogP) is 5.83. The van der Waals surface area contributed by atoms with Gasteiger partial charge in [-0.2, -0.15) is 0 Å². The maximum absolute atomic E-state index is 11.4. The van der Waals surface area contributed by atoms with E-state index in [1.54, 1.807) is 20.8 Å². The van der Waals surface area contributed by atoms with E-state index in [-0.39, 0.29) is 0 Å². The molecular formula is C27H50NO6+. The summed E-state index contributed by atoms with van der Waals surface area (Å²) >= 11 is 0. The lowest BCUT2D eigenvalue weighted by molar-refractivity contribution is -0.929. The maximum atomic E-state index is 11.4. The van der Waals surface area contributed by atoms with Crippen LogP contribution >= 0.6 is 0 Å². The minimum Gasteiger partial charge on any atom is -0.481 e. The maximum Gasteiger partial charge on any atom is 0.306 e. The van der Waals surface area contributed by atoms with Crippen LogP contribution in [0.4, 0.5) is 0 Å². The standard InChI is InChI=1S/C27H49NO6/c1-5-6-7-8-9-10-11-12-13-14-18-28(19-15-22(2)25(29)30,20-16-23(3)26(31)32)21-17-24(4)27(33)34/h12-13,22-24H,5-11,14-21H2,1-4H3,(H2-,29,30,31,32,33,34)/p+1/b13-12+. The molecule has 3 atom stereocenters. The van der Waals surface area contributed by atoms with E-state index < -0.39 is 35.7 Å². The van der Waals surface area contributed by atoms with E-state index in [1.165, 1.54) is 38.5 Å². The molecule has 0 fully saturated rings. The van der Waals surface area contributed by atoms with Gasteiger partial charge in [-0.15, -0.1) is 0 Å². The second-order valence-corrected chi connectivity index (χ2v) is 10.1. The molecule has 3 unspecified atom stereocenters. The summed E-state index contributed by atoms with van der Waals surface area (Å²) in [6.07, 6.45) is 15.3. The van der Waals surface area contributed by atoms with Crippen LogP contribution in [-0.2, 0) is 14.4 Å². The van der Waals surface area contributed by atoms with Crippen molar-refractivity contribution in [1.82, 2.24) is 0 Å². The Kier molecular flexibility index (Phi) is 17.4. The molecule has 0 rings (SSSR count). The van der Waals surface area contributed by atoms with E-state index in [0.29, 0.717) is 43.4 Å². The Morgan fingerprint density at radius 1 is 0.618 bits per heavy atom. The number of unbranched alkanes of at least 4 members (excludes halogenated alkanes) is 6. The van der Waals surface area contributed by atoms with Gasteiger partial charge in [0.15, 0.2) is 0 Å². The number of carboxylic acid groups (broad SMARTS) is 3. The van der Waals surface area contributed by atoms with Gasteiger partial charge in [-0.25, -0.2) is 0 Å². The van der Waals surface area contributed by atoms with Crippen LogP contribution in [0, 0.1) is 17.8 Å². The van der Waals surface area contributed by atoms with Crippen molar-refractivity contribution >= 4 is 17.9 Å². The first-order valence-electron chi connectivity index (χ1n) is 13.2. The number of aliphatic carboxylic acids is 3. The molecule has 0 amide bonds. The summed E-state index contributed by atoms with van der Waals surface area (Å²) in [6, 6.07) is 0. The largest absolute Gasteiger partial charge is 0.481 e. The van der Waals surface area contributed by atoms with Crippen LogP contribution in [0.5, 0.6) is 0 Å². The van der Waals surface area contributed by atoms with Gasteiger partial charge in [0.05, 0.1) is 43.9 Å². The van der Waals surface area contributed by atoms with Gasteiger partial charge in [0.2, 0.25) is 0 Å². The molecule has 0 aromatic rings. The van der Waals surface area contributed by atoms with Crippen molar-refractivity contribution in [1.29, 1.82) is 0 Å². The zero-order valence-corrected chi connectivity index (χ0v) is 22.0. The van der Waals surface area contributed by atoms with E-state index in [2.05, 4.69) is 19.1 Å². The Balaban J connectivity index is 5.18. The van der Waals surface area contributed by atoms with Crippen molar-refractivity contribution in [2.24, 2.45) is 17.8 Å². The summed E-state index contributed by atoms with van der Waals surface area (Å²) in [7, 11) is 0. The molecule has 0 aliphatic carbocycles. The molecule has 0 heterocycles. The van der Waals surface area contributed by atoms with Gasteiger partial charge in [0.25, 0.3) is 0 Å². The molecule has 0 saturated carbocycles. The Morgan fingerprint density at radius 2 is 1.00 bits per heavy atom. The van der Waals surface area contributed by atoms with Crippen molar-refractivity contribution in [2.45, 2.75) is 98.3 Å². The topological polar surface area (TPSA) is 112 Å². The molecule has 198 valence electrons. The van der Waals surface area contributed by atoms with Crippen LogP contribution in [0.25, 0.3) is 0 Å². The summed E-state index contributed by atoms with van der Waals surface area (Å²) in [4.78, 5) is 34.2. The molecule has 0 radical (unpaired) electrons. The zero-order valence-electron chi connectivity index (χ0n) is 22.0. The van der Waals surface area contributed by atoms with E-state index in [9.17, 15) is 29.7 Å². The summed E-state index contributed by atoms with van der Waals surface area (Å²) in [5.74, 6) is -3.99. The highest BCUT2D eigenvalue weighted by atomic mass is 16.4. The van der Waals surface area contributed by atoms with Crippen LogP contribution < -0.4 is 0 Å². The number of allylic oxidation sites excluding steroid dienone is 1. The second kappa shape index (κ2) is 18.4. The molecule has 3 N–H and O–H groups in total. The van der Waals surface area contributed by atoms with Gasteiger partial charge in [0.1, 0.15) is 0 Å². The fourth-order valence-corrected chi connectivity index (χ4v) is 4.07. The highest BCUT2D eigenvalue weighted by molar-refractivity contribution is 5.70. The molecule has 0 aliphatic heterocycles. The van der Waals surface area contributed by atoms with Crippen LogP contribution in [0.15, 0.2) is 12.2 Å². The summed E-state index contributed by atoms with van der Waals surface area (Å²) in [6.45, 7) is 9.88. The van der Waals surface area contributed by atoms with E-state index in [0.717, 1.165) is 19.4 Å². The average molecular weight is 485 g/mol. The van der Waals surface area contributed by atoms with Gasteiger partial charge in [-0.3, -0.25) is 14.4 Å². The molecule has 0 aromatic heterocycles. The number of rotatable bonds is 22. The third-order valence-electron chi connectivity index (χ3n) is 7.04. The normalized spacial score (nSPS) is 16.1. The molecule has 34 heavy (non-hydrogen) atoms. The number of quaternary nitrogens is 1. The van der Waals surface area contributed by atoms with Crippen molar-refractivity contribution in [2.75, 3.05) is 26.2 Å². The summed E-state index contributed by atoms with van der Waals surface area (Å²) in [5, 5.41) is 28.1. The van der Waals surface area contributed by atoms with Gasteiger partial charge in [-0.05, 0) is 12.8 Å². The molecule has 0 saturated heterocycles. The molecule has 0 spiro atoms. The quantitative estimate of drug-likeness (QED) is 0.101. The molecule has 0 bridgehead atoms. The summed E-state index contributed by atoms with van der Waals surface area (Å²) in [5.41, 5.74) is 0. The number of hydrogen-bond acceptors (Lipinski definition) is 3. The van der Waals surface area contributed by atoms with Crippen molar-refractivity contribution in [3.05, 3.63) is 12.2 Å². The predicted molar refractivity (Wildman–Crippen MR) is 136 cm³/mol. The lowest BCUT2D eigenvalue weighted by Crippen LogP contribution is -2.52. The van der Waals surface area contributed by atoms with E-state index in [1.807, 2.05) is 0 Å². The first kappa shape index (κ1) is 32.1. The van der Waals surface area contributed by atoms with Gasteiger partial charge >= 0.3 is 17.9 Å². The van der Waals surface area contributed by atoms with Crippen LogP contribution in [-0.4, -0.2) is 63.9 Å². The first-order chi connectivity index (χ1) is 16.0. The number of nitrogens with zero attached hydrogens (tertiary/aromatic N) is 1. The van der Waals surface area contributed by atoms with Crippen molar-refractivity contribution < 1.29 is 34.2 Å². The number of hydrogen-bond donors (Lipinski definition) is 3. The fraction of sp³-hybridized carbons (Fsp3) is 0.815. The third kappa shape index (κ3) is 15.1. The Morgan fingerprint density at radius 3 is 1.41 bits per heavy atom. The lowest BCUT2D eigenvalue weighted by atomic mass is 10.0. The highest BCUT2D eigenvalue weighted by Crippen LogP contribution is 2.21. The monoisotopic (exact) mass is 484 g/mol. The third-order valence-corrected chi connectivity index (χ3v) is 7.04. The van der Waals surface area contributed by atoms with E-state index in [4.69, 9.17) is 0 Å². The molecule has 7 heteroatoms. The Labute approximate surface area is 206 Å². The second-order valence-electron chi connectivity index (χ2n) is 10.1. The smallest absolute Gasteiger partial charge is 0.306 e. The van der Waals surface area contributed by atoms with Crippen LogP contribution in [0.2, 0.25) is 0 Å². The van der Waals surface area contributed by atoms with Gasteiger partial charge in [0, 0.05) is 25.7 Å². The minimum atomic E-state index is -0.838. The number of carboxylic acids is 3. The molecular weight excluding hydrogens is 434 g/mol. The van der Waals surface area contributed by atoms with Gasteiger partial charge < -0.3 is 19.8 Å². The van der Waals surface area contributed by atoms with Crippen LogP contribution in [0.3, 0.4) is 0 Å². The molecule has 7 nitrogen and oxygen atoms in total. The SMILES string of the molecule is CCCCCCCC/C=C/CC[N+](CCC(C)C(=O)O)(CCC(C)C(=O)O)CCC(C)C(=O)O. The minimum absolute atomic E-state index is 0.486. The molecule has 0 aromatic carbocycles. The Hall–Kier alpha value is -1.89. The van der Waals surface area contributed by atoms with Crippen molar-refractivity contribution in [3.63, 3.8) is 0 Å².